The van der Waals surface area contributed by atoms with Gasteiger partial charge in [-0.05, 0) is 51.3 Å². The van der Waals surface area contributed by atoms with Crippen LogP contribution in [0.25, 0.3) is 0 Å². The van der Waals surface area contributed by atoms with Gasteiger partial charge in [-0.3, -0.25) is 0 Å². The van der Waals surface area contributed by atoms with E-state index in [1.165, 1.54) is 10.4 Å². The Morgan fingerprint density at radius 1 is 1.33 bits per heavy atom. The summed E-state index contributed by atoms with van der Waals surface area (Å²) in [4.78, 5) is 2.28. The topological polar surface area (TPSA) is 20.2 Å². The minimum Gasteiger partial charge on any atom is -0.387 e. The van der Waals surface area contributed by atoms with Crippen molar-refractivity contribution in [2.75, 3.05) is 0 Å². The lowest BCUT2D eigenvalue weighted by Gasteiger charge is -2.08. The normalized spacial score (nSPS) is 13.0. The summed E-state index contributed by atoms with van der Waals surface area (Å²) >= 11 is 6.78. The third-order valence-electron chi connectivity index (χ3n) is 2.27. The van der Waals surface area contributed by atoms with Crippen molar-refractivity contribution < 1.29 is 5.11 Å². The number of rotatable bonds is 3. The van der Waals surface area contributed by atoms with Crippen LogP contribution in [-0.4, -0.2) is 5.11 Å². The van der Waals surface area contributed by atoms with Crippen LogP contribution in [0.1, 0.15) is 21.4 Å². The SMILES string of the molecule is Cc1ccsc1C(O)Cc1sccc1Br. The zero-order chi connectivity index (χ0) is 10.8. The van der Waals surface area contributed by atoms with E-state index in [2.05, 4.69) is 15.9 Å². The Bertz CT molecular complexity index is 447. The smallest absolute Gasteiger partial charge is 0.0933 e. The fourth-order valence-electron chi connectivity index (χ4n) is 1.46. The first-order valence-electron chi connectivity index (χ1n) is 4.62. The summed E-state index contributed by atoms with van der Waals surface area (Å²) in [7, 11) is 0. The van der Waals surface area contributed by atoms with E-state index < -0.39 is 0 Å². The van der Waals surface area contributed by atoms with Crippen molar-refractivity contribution >= 4 is 38.6 Å². The second-order valence-electron chi connectivity index (χ2n) is 3.38. The molecule has 0 aliphatic rings. The predicted molar refractivity (Wildman–Crippen MR) is 69.7 cm³/mol. The Balaban J connectivity index is 2.14. The van der Waals surface area contributed by atoms with Gasteiger partial charge < -0.3 is 5.11 Å². The molecule has 0 fully saturated rings. The van der Waals surface area contributed by atoms with Crippen LogP contribution in [0.15, 0.2) is 27.4 Å². The second kappa shape index (κ2) is 4.78. The van der Waals surface area contributed by atoms with Gasteiger partial charge in [0.15, 0.2) is 0 Å². The van der Waals surface area contributed by atoms with Gasteiger partial charge >= 0.3 is 0 Å². The molecule has 1 N–H and O–H groups in total. The van der Waals surface area contributed by atoms with Gasteiger partial charge in [-0.1, -0.05) is 0 Å². The van der Waals surface area contributed by atoms with E-state index in [0.717, 1.165) is 9.35 Å². The molecule has 0 saturated carbocycles. The summed E-state index contributed by atoms with van der Waals surface area (Å²) < 4.78 is 1.10. The lowest BCUT2D eigenvalue weighted by atomic mass is 10.1. The van der Waals surface area contributed by atoms with Gasteiger partial charge in [0.25, 0.3) is 0 Å². The number of aryl methyl sites for hydroxylation is 1. The molecule has 0 saturated heterocycles. The number of hydrogen-bond acceptors (Lipinski definition) is 3. The molecule has 0 aromatic carbocycles. The van der Waals surface area contributed by atoms with Crippen LogP contribution in [0.3, 0.4) is 0 Å². The van der Waals surface area contributed by atoms with Crippen molar-refractivity contribution in [2.24, 2.45) is 0 Å². The molecule has 2 rings (SSSR count). The molecule has 0 bridgehead atoms. The van der Waals surface area contributed by atoms with Gasteiger partial charge in [0, 0.05) is 20.6 Å². The van der Waals surface area contributed by atoms with E-state index in [1.807, 2.05) is 29.8 Å². The standard InChI is InChI=1S/C11H11BrOS2/c1-7-2-4-15-11(7)9(13)6-10-8(12)3-5-14-10/h2-5,9,13H,6H2,1H3. The van der Waals surface area contributed by atoms with E-state index in [0.29, 0.717) is 6.42 Å². The molecule has 0 radical (unpaired) electrons. The maximum atomic E-state index is 10.1. The van der Waals surface area contributed by atoms with E-state index >= 15 is 0 Å². The minimum atomic E-state index is -0.375. The maximum Gasteiger partial charge on any atom is 0.0933 e. The van der Waals surface area contributed by atoms with E-state index in [4.69, 9.17) is 0 Å². The van der Waals surface area contributed by atoms with Crippen LogP contribution in [0, 0.1) is 6.92 Å². The number of aliphatic hydroxyl groups excluding tert-OH is 1. The van der Waals surface area contributed by atoms with Crippen molar-refractivity contribution in [2.45, 2.75) is 19.4 Å². The van der Waals surface area contributed by atoms with Gasteiger partial charge in [0.1, 0.15) is 0 Å². The largest absolute Gasteiger partial charge is 0.387 e. The Hall–Kier alpha value is -0.160. The molecule has 1 atom stereocenters. The van der Waals surface area contributed by atoms with E-state index in [9.17, 15) is 5.11 Å². The number of thiophene rings is 2. The van der Waals surface area contributed by atoms with Gasteiger partial charge in [-0.2, -0.15) is 0 Å². The lowest BCUT2D eigenvalue weighted by Crippen LogP contribution is -1.99. The lowest BCUT2D eigenvalue weighted by molar-refractivity contribution is 0.182. The van der Waals surface area contributed by atoms with Crippen molar-refractivity contribution in [3.8, 4) is 0 Å². The molecule has 4 heteroatoms. The van der Waals surface area contributed by atoms with Crippen molar-refractivity contribution in [3.05, 3.63) is 42.7 Å². The third kappa shape index (κ3) is 2.50. The summed E-state index contributed by atoms with van der Waals surface area (Å²) in [5.41, 5.74) is 1.18. The summed E-state index contributed by atoms with van der Waals surface area (Å²) in [5, 5.41) is 14.1. The molecule has 1 nitrogen and oxygen atoms in total. The zero-order valence-electron chi connectivity index (χ0n) is 8.24. The molecular formula is C11H11BrOS2. The fraction of sp³-hybridized carbons (Fsp3) is 0.273. The molecular weight excluding hydrogens is 292 g/mol. The van der Waals surface area contributed by atoms with Crippen molar-refractivity contribution in [1.29, 1.82) is 0 Å². The highest BCUT2D eigenvalue weighted by Gasteiger charge is 2.14. The molecule has 15 heavy (non-hydrogen) atoms. The van der Waals surface area contributed by atoms with Crippen LogP contribution in [0.4, 0.5) is 0 Å². The number of aliphatic hydroxyl groups is 1. The molecule has 1 unspecified atom stereocenters. The van der Waals surface area contributed by atoms with E-state index in [-0.39, 0.29) is 6.10 Å². The summed E-state index contributed by atoms with van der Waals surface area (Å²) in [6.07, 6.45) is 0.319. The second-order valence-corrected chi connectivity index (χ2v) is 6.18. The van der Waals surface area contributed by atoms with Gasteiger partial charge in [0.05, 0.1) is 6.10 Å². The van der Waals surface area contributed by atoms with Crippen LogP contribution < -0.4 is 0 Å². The zero-order valence-corrected chi connectivity index (χ0v) is 11.5. The minimum absolute atomic E-state index is 0.375. The Labute approximate surface area is 106 Å². The van der Waals surface area contributed by atoms with E-state index in [1.54, 1.807) is 22.7 Å². The van der Waals surface area contributed by atoms with Crippen LogP contribution in [0.2, 0.25) is 0 Å². The van der Waals surface area contributed by atoms with Crippen molar-refractivity contribution in [3.63, 3.8) is 0 Å². The highest BCUT2D eigenvalue weighted by atomic mass is 79.9. The Morgan fingerprint density at radius 3 is 2.60 bits per heavy atom. The van der Waals surface area contributed by atoms with Gasteiger partial charge in [0.2, 0.25) is 0 Å². The average Bonchev–Trinajstić information content (AvgIpc) is 2.76. The van der Waals surface area contributed by atoms with Crippen molar-refractivity contribution in [1.82, 2.24) is 0 Å². The molecule has 2 aromatic heterocycles. The predicted octanol–water partition coefficient (Wildman–Crippen LogP) is 4.16. The van der Waals surface area contributed by atoms with Crippen LogP contribution in [-0.2, 0) is 6.42 Å². The first-order chi connectivity index (χ1) is 7.18. The fourth-order valence-corrected chi connectivity index (χ4v) is 3.93. The molecule has 2 heterocycles. The molecule has 2 aromatic rings. The first kappa shape index (κ1) is 11.3. The molecule has 0 aliphatic heterocycles. The summed E-state index contributed by atoms with van der Waals surface area (Å²) in [5.74, 6) is 0. The Morgan fingerprint density at radius 2 is 2.07 bits per heavy atom. The average molecular weight is 303 g/mol. The van der Waals surface area contributed by atoms with Crippen LogP contribution >= 0.6 is 38.6 Å². The third-order valence-corrected chi connectivity index (χ3v) is 5.34. The van der Waals surface area contributed by atoms with Gasteiger partial charge in [-0.25, -0.2) is 0 Å². The molecule has 0 spiro atoms. The van der Waals surface area contributed by atoms with Crippen LogP contribution in [0.5, 0.6) is 0 Å². The highest BCUT2D eigenvalue weighted by Crippen LogP contribution is 2.31. The molecule has 0 amide bonds. The summed E-state index contributed by atoms with van der Waals surface area (Å²) in [6, 6.07) is 4.07. The Kier molecular flexibility index (Phi) is 3.61. The quantitative estimate of drug-likeness (QED) is 0.903. The molecule has 80 valence electrons. The number of hydrogen-bond donors (Lipinski definition) is 1. The maximum absolute atomic E-state index is 10.1. The molecule has 0 aliphatic carbocycles. The monoisotopic (exact) mass is 302 g/mol. The summed E-state index contributed by atoms with van der Waals surface area (Å²) in [6.45, 7) is 2.04. The highest BCUT2D eigenvalue weighted by molar-refractivity contribution is 9.10. The first-order valence-corrected chi connectivity index (χ1v) is 7.17. The number of halogens is 1. The van der Waals surface area contributed by atoms with Gasteiger partial charge in [-0.15, -0.1) is 22.7 Å².